The van der Waals surface area contributed by atoms with Gasteiger partial charge in [0.2, 0.25) is 12.9 Å². The van der Waals surface area contributed by atoms with Gasteiger partial charge in [0.25, 0.3) is 0 Å². The Labute approximate surface area is 79.9 Å². The van der Waals surface area contributed by atoms with Crippen molar-refractivity contribution in [2.45, 2.75) is 32.1 Å². The number of hydrogen-bond acceptors (Lipinski definition) is 1. The normalized spacial score (nSPS) is 35.6. The monoisotopic (exact) mass is 211 g/mol. The van der Waals surface area contributed by atoms with Crippen LogP contribution in [0.5, 0.6) is 0 Å². The average Bonchev–Trinajstić information content (AvgIpc) is 2.76. The first-order chi connectivity index (χ1) is 6.55. The van der Waals surface area contributed by atoms with E-state index in [-0.39, 0.29) is 6.42 Å². The molecule has 1 saturated carbocycles. The molecule has 1 unspecified atom stereocenters. The van der Waals surface area contributed by atoms with E-state index in [1.165, 1.54) is 0 Å². The van der Waals surface area contributed by atoms with E-state index in [0.29, 0.717) is 13.0 Å². The van der Waals surface area contributed by atoms with Crippen LogP contribution in [0.4, 0.5) is 17.6 Å². The Kier molecular flexibility index (Phi) is 2.25. The van der Waals surface area contributed by atoms with Crippen molar-refractivity contribution in [1.82, 2.24) is 5.32 Å². The molecule has 2 aliphatic rings. The summed E-state index contributed by atoms with van der Waals surface area (Å²) in [6.07, 6.45) is -4.59. The zero-order valence-electron chi connectivity index (χ0n) is 7.70. The number of halogens is 4. The third kappa shape index (κ3) is 1.11. The van der Waals surface area contributed by atoms with Crippen molar-refractivity contribution < 1.29 is 17.6 Å². The van der Waals surface area contributed by atoms with E-state index in [2.05, 4.69) is 5.32 Å². The molecule has 1 spiro atoms. The van der Waals surface area contributed by atoms with Crippen LogP contribution in [0.15, 0.2) is 0 Å². The van der Waals surface area contributed by atoms with Crippen molar-refractivity contribution in [2.24, 2.45) is 10.8 Å². The first kappa shape index (κ1) is 10.2. The van der Waals surface area contributed by atoms with E-state index >= 15 is 0 Å². The third-order valence-electron chi connectivity index (χ3n) is 3.74. The van der Waals surface area contributed by atoms with Gasteiger partial charge in [0.15, 0.2) is 0 Å². The Morgan fingerprint density at radius 3 is 2.07 bits per heavy atom. The lowest BCUT2D eigenvalue weighted by molar-refractivity contribution is -0.0720. The van der Waals surface area contributed by atoms with Gasteiger partial charge in [-0.05, 0) is 25.8 Å². The zero-order chi connectivity index (χ0) is 10.4. The van der Waals surface area contributed by atoms with Crippen LogP contribution >= 0.6 is 0 Å². The van der Waals surface area contributed by atoms with E-state index in [0.717, 1.165) is 13.0 Å². The number of rotatable bonds is 2. The average molecular weight is 211 g/mol. The highest BCUT2D eigenvalue weighted by Gasteiger charge is 2.76. The summed E-state index contributed by atoms with van der Waals surface area (Å²) >= 11 is 0. The molecule has 0 radical (unpaired) electrons. The van der Waals surface area contributed by atoms with Gasteiger partial charge in [-0.3, -0.25) is 0 Å². The van der Waals surface area contributed by atoms with Gasteiger partial charge in [-0.1, -0.05) is 0 Å². The van der Waals surface area contributed by atoms with Crippen LogP contribution in [0.2, 0.25) is 0 Å². The summed E-state index contributed by atoms with van der Waals surface area (Å²) in [4.78, 5) is 0. The molecule has 1 saturated heterocycles. The van der Waals surface area contributed by atoms with Crippen LogP contribution in [0.1, 0.15) is 19.3 Å². The van der Waals surface area contributed by atoms with Gasteiger partial charge in [0.1, 0.15) is 0 Å². The van der Waals surface area contributed by atoms with Crippen LogP contribution < -0.4 is 5.32 Å². The topological polar surface area (TPSA) is 12.0 Å². The van der Waals surface area contributed by atoms with Gasteiger partial charge in [-0.15, -0.1) is 0 Å². The predicted octanol–water partition coefficient (Wildman–Crippen LogP) is 2.28. The molecule has 0 bridgehead atoms. The summed E-state index contributed by atoms with van der Waals surface area (Å²) in [6, 6.07) is 0. The SMILES string of the molecule is FC(F)C1(C(F)F)CC12CCCNC2. The molecule has 82 valence electrons. The number of hydrogen-bond donors (Lipinski definition) is 1. The van der Waals surface area contributed by atoms with Gasteiger partial charge >= 0.3 is 0 Å². The maximum atomic E-state index is 12.6. The fourth-order valence-corrected chi connectivity index (χ4v) is 2.74. The fourth-order valence-electron chi connectivity index (χ4n) is 2.74. The minimum absolute atomic E-state index is 0.0255. The van der Waals surface area contributed by atoms with Gasteiger partial charge in [-0.2, -0.15) is 0 Å². The molecular formula is C9H13F4N. The van der Waals surface area contributed by atoms with Crippen LogP contribution in [-0.4, -0.2) is 25.9 Å². The quantitative estimate of drug-likeness (QED) is 0.691. The van der Waals surface area contributed by atoms with Crippen molar-refractivity contribution in [1.29, 1.82) is 0 Å². The van der Waals surface area contributed by atoms with Crippen LogP contribution in [0, 0.1) is 10.8 Å². The second-order valence-corrected chi connectivity index (χ2v) is 4.38. The lowest BCUT2D eigenvalue weighted by atomic mass is 9.86. The highest BCUT2D eigenvalue weighted by Crippen LogP contribution is 2.72. The molecule has 1 heterocycles. The zero-order valence-corrected chi connectivity index (χ0v) is 7.70. The second kappa shape index (κ2) is 3.08. The Balaban J connectivity index is 2.17. The smallest absolute Gasteiger partial charge is 0.250 e. The van der Waals surface area contributed by atoms with Crippen molar-refractivity contribution in [3.63, 3.8) is 0 Å². The van der Waals surface area contributed by atoms with Crippen LogP contribution in [-0.2, 0) is 0 Å². The molecule has 2 rings (SSSR count). The van der Waals surface area contributed by atoms with Gasteiger partial charge in [0.05, 0.1) is 5.41 Å². The third-order valence-corrected chi connectivity index (χ3v) is 3.74. The lowest BCUT2D eigenvalue weighted by Gasteiger charge is -2.29. The van der Waals surface area contributed by atoms with Crippen molar-refractivity contribution in [2.75, 3.05) is 13.1 Å². The summed E-state index contributed by atoms with van der Waals surface area (Å²) < 4.78 is 50.6. The molecule has 5 heteroatoms. The molecule has 0 amide bonds. The summed E-state index contributed by atoms with van der Waals surface area (Å²) in [6.45, 7) is 1.08. The highest BCUT2D eigenvalue weighted by molar-refractivity contribution is 5.19. The minimum atomic E-state index is -2.90. The molecule has 2 fully saturated rings. The Bertz CT molecular complexity index is 215. The summed E-state index contributed by atoms with van der Waals surface area (Å²) in [5.41, 5.74) is -2.84. The standard InChI is InChI=1S/C9H13F4N/c10-6(11)9(7(12)13)4-8(9)2-1-3-14-5-8/h6-7,14H,1-5H2. The number of piperidine rings is 1. The summed E-state index contributed by atoms with van der Waals surface area (Å²) in [5, 5.41) is 2.94. The summed E-state index contributed by atoms with van der Waals surface area (Å²) in [5.74, 6) is 0. The number of nitrogens with one attached hydrogen (secondary N) is 1. The molecule has 1 aliphatic heterocycles. The molecule has 1 atom stereocenters. The minimum Gasteiger partial charge on any atom is -0.316 e. The van der Waals surface area contributed by atoms with Crippen LogP contribution in [0.3, 0.4) is 0 Å². The second-order valence-electron chi connectivity index (χ2n) is 4.38. The van der Waals surface area contributed by atoms with E-state index in [4.69, 9.17) is 0 Å². The molecule has 1 nitrogen and oxygen atoms in total. The van der Waals surface area contributed by atoms with E-state index in [1.807, 2.05) is 0 Å². The Morgan fingerprint density at radius 1 is 1.07 bits per heavy atom. The molecular weight excluding hydrogens is 198 g/mol. The maximum absolute atomic E-state index is 12.6. The first-order valence-electron chi connectivity index (χ1n) is 4.82. The lowest BCUT2D eigenvalue weighted by Crippen LogP contribution is -2.39. The van der Waals surface area contributed by atoms with Crippen LogP contribution in [0.25, 0.3) is 0 Å². The first-order valence-corrected chi connectivity index (χ1v) is 4.82. The molecule has 0 aromatic carbocycles. The van der Waals surface area contributed by atoms with E-state index in [1.54, 1.807) is 0 Å². The molecule has 0 aromatic heterocycles. The van der Waals surface area contributed by atoms with Gasteiger partial charge < -0.3 is 5.32 Å². The fraction of sp³-hybridized carbons (Fsp3) is 1.00. The van der Waals surface area contributed by atoms with E-state index in [9.17, 15) is 17.6 Å². The molecule has 1 aliphatic carbocycles. The molecule has 0 aromatic rings. The van der Waals surface area contributed by atoms with Gasteiger partial charge in [-0.25, -0.2) is 17.6 Å². The summed E-state index contributed by atoms with van der Waals surface area (Å²) in [7, 11) is 0. The highest BCUT2D eigenvalue weighted by atomic mass is 19.3. The molecule has 1 N–H and O–H groups in total. The Hall–Kier alpha value is -0.320. The maximum Gasteiger partial charge on any atom is 0.250 e. The van der Waals surface area contributed by atoms with Crippen molar-refractivity contribution >= 4 is 0 Å². The largest absolute Gasteiger partial charge is 0.316 e. The Morgan fingerprint density at radius 2 is 1.71 bits per heavy atom. The molecule has 14 heavy (non-hydrogen) atoms. The van der Waals surface area contributed by atoms with E-state index < -0.39 is 23.7 Å². The van der Waals surface area contributed by atoms with Crippen molar-refractivity contribution in [3.05, 3.63) is 0 Å². The number of alkyl halides is 4. The van der Waals surface area contributed by atoms with Crippen molar-refractivity contribution in [3.8, 4) is 0 Å². The predicted molar refractivity (Wildman–Crippen MR) is 43.6 cm³/mol. The van der Waals surface area contributed by atoms with Gasteiger partial charge in [0, 0.05) is 12.0 Å².